The zero-order valence-corrected chi connectivity index (χ0v) is 10.9. The summed E-state index contributed by atoms with van der Waals surface area (Å²) in [5, 5.41) is 4.23. The first-order valence-corrected chi connectivity index (χ1v) is 7.37. The van der Waals surface area contributed by atoms with Crippen molar-refractivity contribution in [3.63, 3.8) is 0 Å². The van der Waals surface area contributed by atoms with Crippen molar-refractivity contribution in [1.29, 1.82) is 0 Å². The van der Waals surface area contributed by atoms with E-state index in [9.17, 15) is 4.79 Å². The van der Waals surface area contributed by atoms with Gasteiger partial charge in [0.25, 0.3) is 0 Å². The van der Waals surface area contributed by atoms with E-state index in [-0.39, 0.29) is 0 Å². The largest absolute Gasteiger partial charge is 0.278 e. The molecule has 2 aliphatic rings. The van der Waals surface area contributed by atoms with E-state index in [0.29, 0.717) is 0 Å². The molecule has 0 bridgehead atoms. The molecule has 3 heteroatoms. The first kappa shape index (κ1) is 12.9. The van der Waals surface area contributed by atoms with Crippen molar-refractivity contribution in [1.82, 2.24) is 10.0 Å². The molecule has 0 spiro atoms. The van der Waals surface area contributed by atoms with Crippen LogP contribution in [0.4, 0.5) is 0 Å². The second-order valence-electron chi connectivity index (χ2n) is 5.60. The molecular weight excluding hydrogens is 212 g/mol. The Morgan fingerprint density at radius 3 is 2.12 bits per heavy atom. The Hall–Kier alpha value is -0.570. The number of piperidine rings is 1. The summed E-state index contributed by atoms with van der Waals surface area (Å²) < 4.78 is 0. The number of hydrazine groups is 1. The van der Waals surface area contributed by atoms with E-state index in [4.69, 9.17) is 0 Å². The first-order chi connectivity index (χ1) is 8.40. The quantitative estimate of drug-likeness (QED) is 0.555. The van der Waals surface area contributed by atoms with Crippen LogP contribution in [-0.2, 0) is 4.79 Å². The first-order valence-electron chi connectivity index (χ1n) is 7.37. The van der Waals surface area contributed by atoms with Crippen molar-refractivity contribution >= 4 is 6.41 Å². The second kappa shape index (κ2) is 7.00. The van der Waals surface area contributed by atoms with Crippen molar-refractivity contribution in [2.75, 3.05) is 19.6 Å². The molecule has 2 fully saturated rings. The van der Waals surface area contributed by atoms with Crippen molar-refractivity contribution in [3.8, 4) is 0 Å². The van der Waals surface area contributed by atoms with Crippen molar-refractivity contribution in [3.05, 3.63) is 0 Å². The minimum atomic E-state index is 0.740. The maximum Gasteiger partial charge on any atom is 0.224 e. The second-order valence-corrected chi connectivity index (χ2v) is 5.60. The molecule has 1 aliphatic heterocycles. The predicted octanol–water partition coefficient (Wildman–Crippen LogP) is 2.82. The van der Waals surface area contributed by atoms with Gasteiger partial charge in [0.05, 0.1) is 0 Å². The van der Waals surface area contributed by atoms with Crippen LogP contribution in [0.2, 0.25) is 0 Å². The number of hydrogen-bond acceptors (Lipinski definition) is 2. The molecule has 0 aromatic carbocycles. The molecule has 1 saturated heterocycles. The molecule has 1 saturated carbocycles. The van der Waals surface area contributed by atoms with Gasteiger partial charge in [0.1, 0.15) is 0 Å². The van der Waals surface area contributed by atoms with Gasteiger partial charge >= 0.3 is 0 Å². The zero-order valence-electron chi connectivity index (χ0n) is 10.9. The summed E-state index contributed by atoms with van der Waals surface area (Å²) >= 11 is 0. The summed E-state index contributed by atoms with van der Waals surface area (Å²) in [6.45, 7) is 3.11. The molecule has 1 aliphatic carbocycles. The third-order valence-corrected chi connectivity index (χ3v) is 4.24. The van der Waals surface area contributed by atoms with E-state index < -0.39 is 0 Å². The summed E-state index contributed by atoms with van der Waals surface area (Å²) in [6.07, 6.45) is 13.0. The molecule has 1 heterocycles. The van der Waals surface area contributed by atoms with Gasteiger partial charge < -0.3 is 0 Å². The number of nitrogens with zero attached hydrogens (tertiary/aromatic N) is 2. The lowest BCUT2D eigenvalue weighted by Gasteiger charge is -2.36. The Kier molecular flexibility index (Phi) is 5.30. The molecule has 1 amide bonds. The van der Waals surface area contributed by atoms with Gasteiger partial charge in [-0.25, -0.2) is 5.01 Å². The smallest absolute Gasteiger partial charge is 0.224 e. The van der Waals surface area contributed by atoms with E-state index in [1.807, 2.05) is 5.01 Å². The maximum atomic E-state index is 11.2. The molecule has 98 valence electrons. The van der Waals surface area contributed by atoms with Gasteiger partial charge in [0.15, 0.2) is 0 Å². The van der Waals surface area contributed by atoms with Crippen LogP contribution in [0.15, 0.2) is 0 Å². The highest BCUT2D eigenvalue weighted by Crippen LogP contribution is 2.24. The van der Waals surface area contributed by atoms with E-state index in [1.165, 1.54) is 57.8 Å². The predicted molar refractivity (Wildman–Crippen MR) is 69.4 cm³/mol. The minimum absolute atomic E-state index is 0.740. The highest BCUT2D eigenvalue weighted by Gasteiger charge is 2.21. The summed E-state index contributed by atoms with van der Waals surface area (Å²) in [4.78, 5) is 11.2. The summed E-state index contributed by atoms with van der Waals surface area (Å²) in [7, 11) is 0. The molecule has 0 N–H and O–H groups in total. The Bertz CT molecular complexity index is 218. The number of carbonyl (C=O) groups is 1. The van der Waals surface area contributed by atoms with Crippen LogP contribution in [0.25, 0.3) is 0 Å². The average molecular weight is 238 g/mol. The molecule has 17 heavy (non-hydrogen) atoms. The lowest BCUT2D eigenvalue weighted by atomic mass is 10.0. The van der Waals surface area contributed by atoms with Crippen molar-refractivity contribution in [2.24, 2.45) is 5.92 Å². The highest BCUT2D eigenvalue weighted by atomic mass is 16.1. The summed E-state index contributed by atoms with van der Waals surface area (Å²) in [5.74, 6) is 0.740. The van der Waals surface area contributed by atoms with E-state index in [2.05, 4.69) is 5.01 Å². The number of rotatable bonds is 4. The fourth-order valence-corrected chi connectivity index (χ4v) is 3.17. The molecule has 0 atom stereocenters. The van der Waals surface area contributed by atoms with Gasteiger partial charge in [-0.15, -0.1) is 0 Å². The van der Waals surface area contributed by atoms with Crippen LogP contribution >= 0.6 is 0 Å². The highest BCUT2D eigenvalue weighted by molar-refractivity contribution is 5.46. The summed E-state index contributed by atoms with van der Waals surface area (Å²) in [5.41, 5.74) is 0. The van der Waals surface area contributed by atoms with Crippen LogP contribution in [0.5, 0.6) is 0 Å². The molecule has 0 aromatic heterocycles. The van der Waals surface area contributed by atoms with Crippen molar-refractivity contribution < 1.29 is 4.79 Å². The van der Waals surface area contributed by atoms with E-state index in [0.717, 1.165) is 32.0 Å². The third-order valence-electron chi connectivity index (χ3n) is 4.24. The Morgan fingerprint density at radius 1 is 0.941 bits per heavy atom. The fourth-order valence-electron chi connectivity index (χ4n) is 3.17. The van der Waals surface area contributed by atoms with Crippen LogP contribution in [0, 0.1) is 5.92 Å². The van der Waals surface area contributed by atoms with Crippen LogP contribution < -0.4 is 0 Å². The van der Waals surface area contributed by atoms with Crippen LogP contribution in [0.3, 0.4) is 0 Å². The molecule has 0 unspecified atom stereocenters. The van der Waals surface area contributed by atoms with Gasteiger partial charge in [0.2, 0.25) is 6.41 Å². The monoisotopic (exact) mass is 238 g/mol. The molecule has 3 nitrogen and oxygen atoms in total. The average Bonchev–Trinajstić information content (AvgIpc) is 2.65. The zero-order chi connectivity index (χ0) is 11.9. The molecule has 0 aromatic rings. The van der Waals surface area contributed by atoms with Gasteiger partial charge in [-0.2, -0.15) is 0 Å². The number of hydrogen-bond donors (Lipinski definition) is 0. The van der Waals surface area contributed by atoms with Gasteiger partial charge in [-0.3, -0.25) is 9.80 Å². The molecular formula is C14H26N2O. The molecule has 2 rings (SSSR count). The number of amides is 1. The molecule has 0 radical (unpaired) electrons. The Labute approximate surface area is 105 Å². The SMILES string of the molecule is O=CN(CC1CCCCCC1)N1CCCCC1. The van der Waals surface area contributed by atoms with Crippen LogP contribution in [-0.4, -0.2) is 36.1 Å². The maximum absolute atomic E-state index is 11.2. The third kappa shape index (κ3) is 3.98. The Morgan fingerprint density at radius 2 is 1.53 bits per heavy atom. The number of carbonyl (C=O) groups excluding carboxylic acids is 1. The lowest BCUT2D eigenvalue weighted by molar-refractivity contribution is -0.138. The lowest BCUT2D eigenvalue weighted by Crippen LogP contribution is -2.46. The van der Waals surface area contributed by atoms with Crippen molar-refractivity contribution in [2.45, 2.75) is 57.8 Å². The Balaban J connectivity index is 1.82. The summed E-state index contributed by atoms with van der Waals surface area (Å²) in [6, 6.07) is 0. The standard InChI is InChI=1S/C14H26N2O/c17-13-16(15-10-6-3-7-11-15)12-14-8-4-1-2-5-9-14/h13-14H,1-12H2. The van der Waals surface area contributed by atoms with Gasteiger partial charge in [0, 0.05) is 19.6 Å². The van der Waals surface area contributed by atoms with Crippen LogP contribution in [0.1, 0.15) is 57.8 Å². The normalized spacial score (nSPS) is 24.2. The van der Waals surface area contributed by atoms with Gasteiger partial charge in [-0.1, -0.05) is 32.1 Å². The van der Waals surface area contributed by atoms with Gasteiger partial charge in [-0.05, 0) is 31.6 Å². The fraction of sp³-hybridized carbons (Fsp3) is 0.929. The topological polar surface area (TPSA) is 23.6 Å². The minimum Gasteiger partial charge on any atom is -0.278 e. The van der Waals surface area contributed by atoms with E-state index in [1.54, 1.807) is 0 Å². The van der Waals surface area contributed by atoms with E-state index >= 15 is 0 Å².